The highest BCUT2D eigenvalue weighted by Crippen LogP contribution is 2.79. The molecule has 7 atom stereocenters. The average molecular weight is 551 g/mol. The van der Waals surface area contributed by atoms with Gasteiger partial charge >= 0.3 is 5.97 Å². The number of pyridine rings is 1. The standard InChI is InChI=1S/C35H54N2O3/c1-4-5-6-7-8-9-10-11-13-17-27(35(30-22-21-25(30)2)24-29-26(3)32(29)35)18-14-12-15-20-31(38)37-33-28(34(39)40)19-16-23-36-33/h11,13,16,19,23,25-27,29-30,32H,4-10,12,14-15,17-18,20-22,24H2,1-3H3,(H,39,40)(H,36,37,38). The van der Waals surface area contributed by atoms with E-state index in [1.807, 2.05) is 0 Å². The number of hydrogen-bond acceptors (Lipinski definition) is 3. The number of amides is 1. The molecule has 3 aliphatic rings. The lowest BCUT2D eigenvalue weighted by Gasteiger charge is -2.58. The van der Waals surface area contributed by atoms with Crippen LogP contribution in [0, 0.1) is 40.9 Å². The Bertz CT molecular complexity index is 1000. The molecule has 1 aromatic rings. The van der Waals surface area contributed by atoms with Crippen molar-refractivity contribution in [3.05, 3.63) is 36.0 Å². The summed E-state index contributed by atoms with van der Waals surface area (Å²) in [7, 11) is 0. The van der Waals surface area contributed by atoms with Crippen LogP contribution in [0.3, 0.4) is 0 Å². The van der Waals surface area contributed by atoms with Crippen molar-refractivity contribution in [3.63, 3.8) is 0 Å². The first-order valence-corrected chi connectivity index (χ1v) is 16.5. The molecule has 1 heterocycles. The fraction of sp³-hybridized carbons (Fsp3) is 0.743. The van der Waals surface area contributed by atoms with Crippen molar-refractivity contribution < 1.29 is 14.7 Å². The summed E-state index contributed by atoms with van der Waals surface area (Å²) in [5, 5.41) is 12.0. The monoisotopic (exact) mass is 550 g/mol. The lowest BCUT2D eigenvalue weighted by atomic mass is 9.46. The van der Waals surface area contributed by atoms with Gasteiger partial charge in [0.1, 0.15) is 11.4 Å². The Morgan fingerprint density at radius 3 is 2.50 bits per heavy atom. The molecule has 0 aromatic carbocycles. The van der Waals surface area contributed by atoms with Gasteiger partial charge in [-0.05, 0) is 98.0 Å². The van der Waals surface area contributed by atoms with Gasteiger partial charge in [-0.25, -0.2) is 9.78 Å². The average Bonchev–Trinajstić information content (AvgIpc) is 3.48. The zero-order valence-corrected chi connectivity index (χ0v) is 25.4. The smallest absolute Gasteiger partial charge is 0.339 e. The molecular formula is C35H54N2O3. The summed E-state index contributed by atoms with van der Waals surface area (Å²) in [6.45, 7) is 7.28. The summed E-state index contributed by atoms with van der Waals surface area (Å²) >= 11 is 0. The van der Waals surface area contributed by atoms with E-state index in [0.29, 0.717) is 11.8 Å². The molecule has 5 nitrogen and oxygen atoms in total. The predicted molar refractivity (Wildman–Crippen MR) is 163 cm³/mol. The van der Waals surface area contributed by atoms with E-state index in [0.717, 1.165) is 48.3 Å². The van der Waals surface area contributed by atoms with E-state index in [-0.39, 0.29) is 17.3 Å². The number of nitrogens with zero attached hydrogens (tertiary/aromatic N) is 1. The second kappa shape index (κ2) is 14.6. The maximum Gasteiger partial charge on any atom is 0.339 e. The molecule has 7 unspecified atom stereocenters. The minimum atomic E-state index is -1.08. The van der Waals surface area contributed by atoms with Crippen molar-refractivity contribution in [2.75, 3.05) is 5.32 Å². The van der Waals surface area contributed by atoms with Crippen molar-refractivity contribution in [1.82, 2.24) is 4.98 Å². The molecule has 40 heavy (non-hydrogen) atoms. The molecule has 0 saturated heterocycles. The van der Waals surface area contributed by atoms with Gasteiger partial charge < -0.3 is 10.4 Å². The van der Waals surface area contributed by atoms with Gasteiger partial charge in [0, 0.05) is 12.6 Å². The van der Waals surface area contributed by atoms with Crippen LogP contribution in [0.15, 0.2) is 30.5 Å². The van der Waals surface area contributed by atoms with E-state index < -0.39 is 5.97 Å². The summed E-state index contributed by atoms with van der Waals surface area (Å²) in [6, 6.07) is 3.04. The van der Waals surface area contributed by atoms with Gasteiger partial charge in [-0.1, -0.05) is 84.3 Å². The number of allylic oxidation sites excluding steroid dienone is 2. The van der Waals surface area contributed by atoms with Crippen LogP contribution in [-0.4, -0.2) is 22.0 Å². The molecule has 2 N–H and O–H groups in total. The van der Waals surface area contributed by atoms with Gasteiger partial charge in [-0.15, -0.1) is 0 Å². The van der Waals surface area contributed by atoms with E-state index >= 15 is 0 Å². The lowest BCUT2D eigenvalue weighted by molar-refractivity contribution is -0.116. The maximum absolute atomic E-state index is 12.5. The SMILES string of the molecule is CCCCCCCCC=CCC(CCCCCC(=O)Nc1ncccc1C(=O)O)C1(C2CCC2C)CC2C(C)C21. The summed E-state index contributed by atoms with van der Waals surface area (Å²) in [4.78, 5) is 27.9. The van der Waals surface area contributed by atoms with Crippen LogP contribution < -0.4 is 5.32 Å². The Labute approximate surface area is 243 Å². The quantitative estimate of drug-likeness (QED) is 0.133. The second-order valence-electron chi connectivity index (χ2n) is 13.3. The Morgan fingerprint density at radius 2 is 1.85 bits per heavy atom. The van der Waals surface area contributed by atoms with Gasteiger partial charge in [0.25, 0.3) is 0 Å². The van der Waals surface area contributed by atoms with Crippen molar-refractivity contribution in [2.24, 2.45) is 40.9 Å². The minimum absolute atomic E-state index is 0.0341. The number of unbranched alkanes of at least 4 members (excludes halogenated alkanes) is 8. The zero-order chi connectivity index (χ0) is 28.5. The Hall–Kier alpha value is -2.17. The Morgan fingerprint density at radius 1 is 1.07 bits per heavy atom. The molecule has 1 aromatic heterocycles. The topological polar surface area (TPSA) is 79.3 Å². The highest BCUT2D eigenvalue weighted by atomic mass is 16.4. The van der Waals surface area contributed by atoms with Crippen LogP contribution in [0.2, 0.25) is 0 Å². The van der Waals surface area contributed by atoms with E-state index in [1.54, 1.807) is 6.07 Å². The highest BCUT2D eigenvalue weighted by molar-refractivity contribution is 5.99. The molecule has 0 spiro atoms. The van der Waals surface area contributed by atoms with Crippen LogP contribution in [0.25, 0.3) is 0 Å². The molecule has 4 rings (SSSR count). The minimum Gasteiger partial charge on any atom is -0.478 e. The van der Waals surface area contributed by atoms with Crippen molar-refractivity contribution in [1.29, 1.82) is 0 Å². The third-order valence-corrected chi connectivity index (χ3v) is 10.9. The van der Waals surface area contributed by atoms with Gasteiger partial charge in [-0.3, -0.25) is 4.79 Å². The summed E-state index contributed by atoms with van der Waals surface area (Å²) in [6.07, 6.45) is 26.1. The largest absolute Gasteiger partial charge is 0.478 e. The Balaban J connectivity index is 1.26. The zero-order valence-electron chi connectivity index (χ0n) is 25.4. The summed E-state index contributed by atoms with van der Waals surface area (Å²) in [5.74, 6) is 4.37. The van der Waals surface area contributed by atoms with E-state index in [9.17, 15) is 14.7 Å². The molecule has 3 fully saturated rings. The number of anilines is 1. The predicted octanol–water partition coefficient (Wildman–Crippen LogP) is 9.30. The summed E-state index contributed by atoms with van der Waals surface area (Å²) in [5.41, 5.74) is 0.599. The molecule has 0 bridgehead atoms. The van der Waals surface area contributed by atoms with Crippen molar-refractivity contribution >= 4 is 17.7 Å². The summed E-state index contributed by atoms with van der Waals surface area (Å²) < 4.78 is 0. The van der Waals surface area contributed by atoms with Gasteiger partial charge in [0.15, 0.2) is 0 Å². The molecule has 0 radical (unpaired) electrons. The number of rotatable bonds is 19. The van der Waals surface area contributed by atoms with E-state index in [2.05, 4.69) is 43.2 Å². The number of hydrogen-bond donors (Lipinski definition) is 2. The third kappa shape index (κ3) is 7.18. The molecule has 3 aliphatic carbocycles. The van der Waals surface area contributed by atoms with Gasteiger partial charge in [-0.2, -0.15) is 0 Å². The number of carbonyl (C=O) groups excluding carboxylic acids is 1. The van der Waals surface area contributed by atoms with Crippen molar-refractivity contribution in [2.45, 2.75) is 124 Å². The fourth-order valence-electron chi connectivity index (χ4n) is 8.49. The third-order valence-electron chi connectivity index (χ3n) is 10.9. The number of carboxylic acids is 1. The van der Waals surface area contributed by atoms with Gasteiger partial charge in [0.2, 0.25) is 5.91 Å². The second-order valence-corrected chi connectivity index (χ2v) is 13.3. The van der Waals surface area contributed by atoms with E-state index in [1.165, 1.54) is 95.7 Å². The highest BCUT2D eigenvalue weighted by Gasteiger charge is 2.73. The fourth-order valence-corrected chi connectivity index (χ4v) is 8.49. The first kappa shape index (κ1) is 30.8. The Kier molecular flexibility index (Phi) is 11.3. The number of fused-ring (bicyclic) bond motifs is 1. The normalized spacial score (nSPS) is 29.3. The van der Waals surface area contributed by atoms with Crippen LogP contribution in [0.1, 0.15) is 134 Å². The first-order chi connectivity index (χ1) is 19.4. The first-order valence-electron chi connectivity index (χ1n) is 16.5. The number of nitrogens with one attached hydrogen (secondary N) is 1. The molecule has 0 aliphatic heterocycles. The number of aromatic carboxylic acids is 1. The number of carboxylic acid groups (broad SMARTS) is 1. The molecule has 5 heteroatoms. The number of aromatic nitrogens is 1. The molecular weight excluding hydrogens is 496 g/mol. The molecule has 222 valence electrons. The van der Waals surface area contributed by atoms with Gasteiger partial charge in [0.05, 0.1) is 0 Å². The molecule has 1 amide bonds. The molecule has 3 saturated carbocycles. The van der Waals surface area contributed by atoms with Crippen LogP contribution in [0.4, 0.5) is 5.82 Å². The lowest BCUT2D eigenvalue weighted by Crippen LogP contribution is -2.52. The number of carbonyl (C=O) groups is 2. The van der Waals surface area contributed by atoms with Crippen LogP contribution in [0.5, 0.6) is 0 Å². The maximum atomic E-state index is 12.5. The van der Waals surface area contributed by atoms with Crippen LogP contribution in [-0.2, 0) is 4.79 Å². The van der Waals surface area contributed by atoms with E-state index in [4.69, 9.17) is 0 Å². The van der Waals surface area contributed by atoms with Crippen molar-refractivity contribution in [3.8, 4) is 0 Å². The van der Waals surface area contributed by atoms with Crippen LogP contribution >= 0.6 is 0 Å².